The maximum absolute atomic E-state index is 4.69. The Morgan fingerprint density at radius 2 is 2.29 bits per heavy atom. The van der Waals surface area contributed by atoms with E-state index in [1.807, 2.05) is 11.3 Å². The molecule has 0 aromatic carbocycles. The molecule has 0 aliphatic heterocycles. The fourth-order valence-electron chi connectivity index (χ4n) is 1.72. The summed E-state index contributed by atoms with van der Waals surface area (Å²) < 4.78 is 0. The highest BCUT2D eigenvalue weighted by Gasteiger charge is 2.20. The van der Waals surface area contributed by atoms with Gasteiger partial charge in [0.1, 0.15) is 5.01 Å². The van der Waals surface area contributed by atoms with E-state index in [9.17, 15) is 0 Å². The van der Waals surface area contributed by atoms with Crippen LogP contribution in [-0.4, -0.2) is 11.0 Å². The summed E-state index contributed by atoms with van der Waals surface area (Å²) in [5.41, 5.74) is 1.18. The first kappa shape index (κ1) is 11.4. The third kappa shape index (κ3) is 2.76. The Bertz CT molecular complexity index is 497. The van der Waals surface area contributed by atoms with Crippen LogP contribution in [-0.2, 0) is 13.0 Å². The molecular formula is C13H16N2S2. The molecule has 4 heteroatoms. The van der Waals surface area contributed by atoms with E-state index in [2.05, 4.69) is 29.8 Å². The number of rotatable bonds is 5. The van der Waals surface area contributed by atoms with Crippen LogP contribution in [0.4, 0.5) is 0 Å². The second-order valence-electron chi connectivity index (χ2n) is 4.42. The van der Waals surface area contributed by atoms with Gasteiger partial charge >= 0.3 is 0 Å². The molecule has 0 spiro atoms. The van der Waals surface area contributed by atoms with Crippen LogP contribution < -0.4 is 5.32 Å². The summed E-state index contributed by atoms with van der Waals surface area (Å²) in [5.74, 6) is 0. The minimum absolute atomic E-state index is 0.758. The smallest absolute Gasteiger partial charge is 0.133 e. The van der Waals surface area contributed by atoms with E-state index in [1.165, 1.54) is 33.3 Å². The van der Waals surface area contributed by atoms with Crippen LogP contribution in [0, 0.1) is 0 Å². The van der Waals surface area contributed by atoms with Crippen molar-refractivity contribution in [3.05, 3.63) is 28.1 Å². The standard InChI is InChI=1S/C13H16N2S2/c1-2-11-5-6-12(17-11)13-15-10(8-16-13)7-14-9-3-4-9/h5-6,8-9,14H,2-4,7H2,1H3. The molecule has 2 heterocycles. The van der Waals surface area contributed by atoms with Crippen LogP contribution in [0.2, 0.25) is 0 Å². The Morgan fingerprint density at radius 3 is 3.00 bits per heavy atom. The van der Waals surface area contributed by atoms with Gasteiger partial charge in [-0.3, -0.25) is 0 Å². The normalized spacial score (nSPS) is 15.4. The molecule has 3 rings (SSSR count). The van der Waals surface area contributed by atoms with Gasteiger partial charge in [-0.25, -0.2) is 4.98 Å². The number of aryl methyl sites for hydroxylation is 1. The van der Waals surface area contributed by atoms with Crippen molar-refractivity contribution in [3.63, 3.8) is 0 Å². The molecule has 0 unspecified atom stereocenters. The highest BCUT2D eigenvalue weighted by Crippen LogP contribution is 2.31. The number of thiazole rings is 1. The van der Waals surface area contributed by atoms with Crippen molar-refractivity contribution in [1.82, 2.24) is 10.3 Å². The molecule has 0 bridgehead atoms. The van der Waals surface area contributed by atoms with Crippen molar-refractivity contribution in [2.45, 2.75) is 38.8 Å². The van der Waals surface area contributed by atoms with Gasteiger partial charge in [-0.1, -0.05) is 6.92 Å². The Hall–Kier alpha value is -0.710. The average Bonchev–Trinajstić information content (AvgIpc) is 2.89. The van der Waals surface area contributed by atoms with E-state index in [0.29, 0.717) is 0 Å². The van der Waals surface area contributed by atoms with Crippen molar-refractivity contribution < 1.29 is 0 Å². The SMILES string of the molecule is CCc1ccc(-c2nc(CNC3CC3)cs2)s1. The molecule has 17 heavy (non-hydrogen) atoms. The number of hydrogen-bond donors (Lipinski definition) is 1. The summed E-state index contributed by atoms with van der Waals surface area (Å²) in [6.45, 7) is 3.12. The molecule has 1 aliphatic carbocycles. The predicted octanol–water partition coefficient (Wildman–Crippen LogP) is 3.69. The van der Waals surface area contributed by atoms with Gasteiger partial charge in [0.15, 0.2) is 0 Å². The Kier molecular flexibility index (Phi) is 3.27. The van der Waals surface area contributed by atoms with Gasteiger partial charge in [0.05, 0.1) is 10.6 Å². The maximum Gasteiger partial charge on any atom is 0.133 e. The van der Waals surface area contributed by atoms with Gasteiger partial charge in [0, 0.05) is 22.8 Å². The predicted molar refractivity (Wildman–Crippen MR) is 74.7 cm³/mol. The fraction of sp³-hybridized carbons (Fsp3) is 0.462. The van der Waals surface area contributed by atoms with E-state index in [-0.39, 0.29) is 0 Å². The highest BCUT2D eigenvalue weighted by molar-refractivity contribution is 7.21. The molecule has 0 radical (unpaired) electrons. The molecular weight excluding hydrogens is 248 g/mol. The van der Waals surface area contributed by atoms with Crippen LogP contribution in [0.25, 0.3) is 9.88 Å². The number of nitrogens with one attached hydrogen (secondary N) is 1. The molecule has 90 valence electrons. The lowest BCUT2D eigenvalue weighted by molar-refractivity contribution is 0.678. The zero-order valence-electron chi connectivity index (χ0n) is 9.90. The van der Waals surface area contributed by atoms with Crippen LogP contribution in [0.15, 0.2) is 17.5 Å². The Labute approximate surface area is 110 Å². The van der Waals surface area contributed by atoms with Gasteiger partial charge in [-0.05, 0) is 31.4 Å². The van der Waals surface area contributed by atoms with E-state index < -0.39 is 0 Å². The average molecular weight is 264 g/mol. The van der Waals surface area contributed by atoms with Crippen molar-refractivity contribution in [3.8, 4) is 9.88 Å². The molecule has 1 N–H and O–H groups in total. The molecule has 1 saturated carbocycles. The maximum atomic E-state index is 4.69. The first-order valence-corrected chi connectivity index (χ1v) is 7.81. The summed E-state index contributed by atoms with van der Waals surface area (Å²) in [6, 6.07) is 5.16. The van der Waals surface area contributed by atoms with Gasteiger partial charge in [0.25, 0.3) is 0 Å². The van der Waals surface area contributed by atoms with E-state index >= 15 is 0 Å². The Morgan fingerprint density at radius 1 is 1.41 bits per heavy atom. The summed E-state index contributed by atoms with van der Waals surface area (Å²) >= 11 is 3.62. The van der Waals surface area contributed by atoms with E-state index in [1.54, 1.807) is 11.3 Å². The number of hydrogen-bond acceptors (Lipinski definition) is 4. The Balaban J connectivity index is 1.69. The molecule has 2 aromatic heterocycles. The van der Waals surface area contributed by atoms with Crippen molar-refractivity contribution >= 4 is 22.7 Å². The quantitative estimate of drug-likeness (QED) is 0.891. The van der Waals surface area contributed by atoms with Crippen LogP contribution in [0.5, 0.6) is 0 Å². The van der Waals surface area contributed by atoms with Crippen LogP contribution in [0.1, 0.15) is 30.3 Å². The summed E-state index contributed by atoms with van der Waals surface area (Å²) in [5, 5.41) is 6.85. The van der Waals surface area contributed by atoms with E-state index in [0.717, 1.165) is 19.0 Å². The molecule has 0 saturated heterocycles. The second kappa shape index (κ2) is 4.88. The topological polar surface area (TPSA) is 24.9 Å². The number of thiophene rings is 1. The van der Waals surface area contributed by atoms with Gasteiger partial charge < -0.3 is 5.32 Å². The lowest BCUT2D eigenvalue weighted by atomic mass is 10.4. The lowest BCUT2D eigenvalue weighted by Gasteiger charge is -1.97. The first-order valence-electron chi connectivity index (χ1n) is 6.12. The molecule has 0 atom stereocenters. The summed E-state index contributed by atoms with van der Waals surface area (Å²) in [4.78, 5) is 7.44. The number of nitrogens with zero attached hydrogens (tertiary/aromatic N) is 1. The van der Waals surface area contributed by atoms with Crippen molar-refractivity contribution in [1.29, 1.82) is 0 Å². The van der Waals surface area contributed by atoms with E-state index in [4.69, 9.17) is 4.98 Å². The zero-order valence-corrected chi connectivity index (χ0v) is 11.5. The minimum atomic E-state index is 0.758. The summed E-state index contributed by atoms with van der Waals surface area (Å²) in [6.07, 6.45) is 3.79. The van der Waals surface area contributed by atoms with Crippen LogP contribution in [0.3, 0.4) is 0 Å². The highest BCUT2D eigenvalue weighted by atomic mass is 32.1. The van der Waals surface area contributed by atoms with Gasteiger partial charge in [-0.2, -0.15) is 0 Å². The summed E-state index contributed by atoms with van der Waals surface area (Å²) in [7, 11) is 0. The third-order valence-electron chi connectivity index (χ3n) is 2.92. The van der Waals surface area contributed by atoms with Gasteiger partial charge in [0.2, 0.25) is 0 Å². The molecule has 1 fully saturated rings. The third-order valence-corrected chi connectivity index (χ3v) is 5.21. The molecule has 1 aliphatic rings. The lowest BCUT2D eigenvalue weighted by Crippen LogP contribution is -2.15. The minimum Gasteiger partial charge on any atom is -0.308 e. The van der Waals surface area contributed by atoms with Crippen molar-refractivity contribution in [2.75, 3.05) is 0 Å². The largest absolute Gasteiger partial charge is 0.308 e. The monoisotopic (exact) mass is 264 g/mol. The van der Waals surface area contributed by atoms with Gasteiger partial charge in [-0.15, -0.1) is 22.7 Å². The fourth-order valence-corrected chi connectivity index (χ4v) is 3.56. The first-order chi connectivity index (χ1) is 8.35. The zero-order chi connectivity index (χ0) is 11.7. The molecule has 2 aromatic rings. The number of aromatic nitrogens is 1. The van der Waals surface area contributed by atoms with Crippen LogP contribution >= 0.6 is 22.7 Å². The second-order valence-corrected chi connectivity index (χ2v) is 6.45. The molecule has 2 nitrogen and oxygen atoms in total. The van der Waals surface area contributed by atoms with Crippen molar-refractivity contribution in [2.24, 2.45) is 0 Å². The molecule has 0 amide bonds.